The van der Waals surface area contributed by atoms with Gasteiger partial charge in [0.05, 0.1) is 13.7 Å². The number of morpholine rings is 1. The van der Waals surface area contributed by atoms with Crippen LogP contribution in [-0.4, -0.2) is 50.3 Å². The summed E-state index contributed by atoms with van der Waals surface area (Å²) in [6.07, 6.45) is 0. The van der Waals surface area contributed by atoms with Crippen LogP contribution in [0.1, 0.15) is 13.8 Å². The van der Waals surface area contributed by atoms with Crippen LogP contribution in [0, 0.1) is 0 Å². The Kier molecular flexibility index (Phi) is 6.44. The Balaban J connectivity index is 0.00000256. The van der Waals surface area contributed by atoms with Crippen LogP contribution in [0.25, 0.3) is 0 Å². The molecule has 6 nitrogen and oxygen atoms in total. The number of carbonyl (C=O) groups excluding carboxylic acids is 2. The summed E-state index contributed by atoms with van der Waals surface area (Å²) in [5.74, 6) is -0.779. The zero-order valence-corrected chi connectivity index (χ0v) is 11.1. The molecule has 17 heavy (non-hydrogen) atoms. The van der Waals surface area contributed by atoms with Crippen LogP contribution < -0.4 is 10.6 Å². The van der Waals surface area contributed by atoms with Gasteiger partial charge in [0.2, 0.25) is 0 Å². The fourth-order valence-electron chi connectivity index (χ4n) is 1.46. The average molecular weight is 267 g/mol. The summed E-state index contributed by atoms with van der Waals surface area (Å²) in [5, 5.41) is 5.63. The first-order chi connectivity index (χ1) is 7.49. The van der Waals surface area contributed by atoms with Crippen LogP contribution >= 0.6 is 12.4 Å². The van der Waals surface area contributed by atoms with Crippen molar-refractivity contribution in [2.45, 2.75) is 25.5 Å². The van der Waals surface area contributed by atoms with Gasteiger partial charge in [-0.2, -0.15) is 0 Å². The highest BCUT2D eigenvalue weighted by Gasteiger charge is 2.37. The number of carbonyl (C=O) groups is 2. The molecule has 1 saturated heterocycles. The van der Waals surface area contributed by atoms with E-state index in [1.807, 2.05) is 0 Å². The first kappa shape index (κ1) is 16.1. The molecule has 2 unspecified atom stereocenters. The van der Waals surface area contributed by atoms with Crippen molar-refractivity contribution in [2.75, 3.05) is 26.8 Å². The van der Waals surface area contributed by atoms with E-state index in [1.54, 1.807) is 13.8 Å². The molecule has 0 aromatic heterocycles. The van der Waals surface area contributed by atoms with E-state index < -0.39 is 17.6 Å². The van der Waals surface area contributed by atoms with Crippen LogP contribution in [0.2, 0.25) is 0 Å². The third-order valence-corrected chi connectivity index (χ3v) is 2.54. The molecule has 100 valence electrons. The number of nitrogens with one attached hydrogen (secondary N) is 2. The van der Waals surface area contributed by atoms with E-state index in [1.165, 1.54) is 7.11 Å². The molecule has 1 aliphatic rings. The van der Waals surface area contributed by atoms with Crippen LogP contribution in [0.4, 0.5) is 0 Å². The predicted octanol–water partition coefficient (Wildman–Crippen LogP) is -0.536. The first-order valence-electron chi connectivity index (χ1n) is 5.23. The number of ether oxygens (including phenoxy) is 2. The van der Waals surface area contributed by atoms with Crippen molar-refractivity contribution in [3.8, 4) is 0 Å². The standard InChI is InChI=1S/C10H18N2O4.ClH/c1-7(8(13)15-3)12-9(14)10(2)6-11-4-5-16-10;/h7,11H,4-6H2,1-3H3,(H,12,14);1H. The summed E-state index contributed by atoms with van der Waals surface area (Å²) in [4.78, 5) is 23.0. The first-order valence-corrected chi connectivity index (χ1v) is 5.23. The minimum atomic E-state index is -0.916. The molecule has 1 aliphatic heterocycles. The number of hydrogen-bond acceptors (Lipinski definition) is 5. The molecule has 1 heterocycles. The zero-order chi connectivity index (χ0) is 12.2. The molecule has 0 aliphatic carbocycles. The lowest BCUT2D eigenvalue weighted by Gasteiger charge is -2.33. The Morgan fingerprint density at radius 2 is 2.18 bits per heavy atom. The van der Waals surface area contributed by atoms with Gasteiger partial charge in [0.25, 0.3) is 5.91 Å². The topological polar surface area (TPSA) is 76.7 Å². The summed E-state index contributed by atoms with van der Waals surface area (Å²) >= 11 is 0. The second kappa shape index (κ2) is 6.78. The minimum Gasteiger partial charge on any atom is -0.467 e. The molecule has 0 aromatic rings. The van der Waals surface area contributed by atoms with Crippen molar-refractivity contribution in [1.82, 2.24) is 10.6 Å². The van der Waals surface area contributed by atoms with Crippen LogP contribution in [0.3, 0.4) is 0 Å². The Morgan fingerprint density at radius 3 is 2.65 bits per heavy atom. The number of hydrogen-bond donors (Lipinski definition) is 2. The number of esters is 1. The van der Waals surface area contributed by atoms with E-state index in [2.05, 4.69) is 15.4 Å². The minimum absolute atomic E-state index is 0. The SMILES string of the molecule is COC(=O)C(C)NC(=O)C1(C)CNCCO1.Cl. The molecule has 2 atom stereocenters. The summed E-state index contributed by atoms with van der Waals surface area (Å²) in [7, 11) is 1.28. The monoisotopic (exact) mass is 266 g/mol. The second-order valence-corrected chi connectivity index (χ2v) is 3.97. The molecule has 1 rings (SSSR count). The maximum absolute atomic E-state index is 11.9. The molecular weight excluding hydrogens is 248 g/mol. The van der Waals surface area contributed by atoms with Gasteiger partial charge in [-0.15, -0.1) is 12.4 Å². The Bertz CT molecular complexity index is 279. The van der Waals surface area contributed by atoms with Crippen LogP contribution in [0.5, 0.6) is 0 Å². The summed E-state index contributed by atoms with van der Waals surface area (Å²) in [5.41, 5.74) is -0.916. The predicted molar refractivity (Wildman–Crippen MR) is 64.1 cm³/mol. The number of rotatable bonds is 3. The fraction of sp³-hybridized carbons (Fsp3) is 0.800. The molecule has 0 spiro atoms. The van der Waals surface area contributed by atoms with E-state index in [4.69, 9.17) is 4.74 Å². The molecule has 0 bridgehead atoms. The normalized spacial score (nSPS) is 25.4. The maximum atomic E-state index is 11.9. The van der Waals surface area contributed by atoms with Crippen molar-refractivity contribution in [2.24, 2.45) is 0 Å². The molecule has 1 amide bonds. The summed E-state index contributed by atoms with van der Waals surface area (Å²) in [6, 6.07) is -0.667. The Morgan fingerprint density at radius 1 is 1.53 bits per heavy atom. The smallest absolute Gasteiger partial charge is 0.328 e. The van der Waals surface area contributed by atoms with Crippen molar-refractivity contribution in [3.05, 3.63) is 0 Å². The largest absolute Gasteiger partial charge is 0.467 e. The van der Waals surface area contributed by atoms with Gasteiger partial charge in [0.1, 0.15) is 6.04 Å². The van der Waals surface area contributed by atoms with E-state index >= 15 is 0 Å². The van der Waals surface area contributed by atoms with E-state index in [9.17, 15) is 9.59 Å². The number of methoxy groups -OCH3 is 1. The molecule has 0 aromatic carbocycles. The highest BCUT2D eigenvalue weighted by molar-refractivity contribution is 5.89. The van der Waals surface area contributed by atoms with E-state index in [0.29, 0.717) is 13.2 Å². The van der Waals surface area contributed by atoms with Crippen molar-refractivity contribution < 1.29 is 19.1 Å². The molecular formula is C10H19ClN2O4. The number of amides is 1. The van der Waals surface area contributed by atoms with E-state index in [0.717, 1.165) is 6.54 Å². The fourth-order valence-corrected chi connectivity index (χ4v) is 1.46. The van der Waals surface area contributed by atoms with Crippen molar-refractivity contribution in [1.29, 1.82) is 0 Å². The highest BCUT2D eigenvalue weighted by atomic mass is 35.5. The summed E-state index contributed by atoms with van der Waals surface area (Å²) in [6.45, 7) is 4.92. The average Bonchev–Trinajstić information content (AvgIpc) is 2.28. The number of halogens is 1. The van der Waals surface area contributed by atoms with Gasteiger partial charge >= 0.3 is 5.97 Å². The maximum Gasteiger partial charge on any atom is 0.328 e. The lowest BCUT2D eigenvalue weighted by molar-refractivity contribution is -0.153. The lowest BCUT2D eigenvalue weighted by atomic mass is 10.0. The van der Waals surface area contributed by atoms with Gasteiger partial charge in [-0.05, 0) is 13.8 Å². The molecule has 7 heteroatoms. The second-order valence-electron chi connectivity index (χ2n) is 3.97. The van der Waals surface area contributed by atoms with Crippen LogP contribution in [-0.2, 0) is 19.1 Å². The van der Waals surface area contributed by atoms with Gasteiger partial charge in [0, 0.05) is 13.1 Å². The Labute approximate surface area is 107 Å². The lowest BCUT2D eigenvalue weighted by Crippen LogP contribution is -2.59. The van der Waals surface area contributed by atoms with Crippen molar-refractivity contribution >= 4 is 24.3 Å². The molecule has 1 fully saturated rings. The van der Waals surface area contributed by atoms with Gasteiger partial charge < -0.3 is 20.1 Å². The quantitative estimate of drug-likeness (QED) is 0.672. The van der Waals surface area contributed by atoms with Gasteiger partial charge in [-0.3, -0.25) is 4.79 Å². The third-order valence-electron chi connectivity index (χ3n) is 2.54. The molecule has 0 saturated carbocycles. The van der Waals surface area contributed by atoms with E-state index in [-0.39, 0.29) is 18.3 Å². The zero-order valence-electron chi connectivity index (χ0n) is 10.2. The van der Waals surface area contributed by atoms with Gasteiger partial charge in [-0.1, -0.05) is 0 Å². The Hall–Kier alpha value is -0.850. The molecule has 0 radical (unpaired) electrons. The summed E-state index contributed by atoms with van der Waals surface area (Å²) < 4.78 is 9.94. The van der Waals surface area contributed by atoms with Crippen LogP contribution in [0.15, 0.2) is 0 Å². The van der Waals surface area contributed by atoms with Crippen molar-refractivity contribution in [3.63, 3.8) is 0 Å². The third kappa shape index (κ3) is 4.14. The highest BCUT2D eigenvalue weighted by Crippen LogP contribution is 2.12. The molecule has 2 N–H and O–H groups in total. The van der Waals surface area contributed by atoms with Gasteiger partial charge in [-0.25, -0.2) is 4.79 Å². The van der Waals surface area contributed by atoms with Gasteiger partial charge in [0.15, 0.2) is 5.60 Å².